The minimum Gasteiger partial charge on any atom is -0.507 e. The fraction of sp³-hybridized carbons (Fsp3) is 0.533. The van der Waals surface area contributed by atoms with Crippen molar-refractivity contribution < 1.29 is 19.5 Å². The monoisotopic (exact) mass is 264 g/mol. The van der Waals surface area contributed by atoms with Crippen molar-refractivity contribution in [1.29, 1.82) is 0 Å². The Morgan fingerprint density at radius 2 is 2.21 bits per heavy atom. The van der Waals surface area contributed by atoms with Gasteiger partial charge in [0.1, 0.15) is 12.3 Å². The smallest absolute Gasteiger partial charge is 0.364 e. The Hall–Kier alpha value is -1.55. The maximum Gasteiger partial charge on any atom is 0.364 e. The van der Waals surface area contributed by atoms with Crippen molar-refractivity contribution in [2.75, 3.05) is 13.2 Å². The Morgan fingerprint density at radius 3 is 2.95 bits per heavy atom. The quantitative estimate of drug-likeness (QED) is 0.794. The number of aromatic hydroxyl groups is 1. The van der Waals surface area contributed by atoms with E-state index in [0.29, 0.717) is 18.9 Å². The number of likely N-dealkylation sites (tertiary alicyclic amines) is 1. The molecule has 0 saturated carbocycles. The SMILES string of the molecule is CCOC(=O)[C@H]1CCCC[NH+]1Cc1ccccc1O. The van der Waals surface area contributed by atoms with Crippen LogP contribution in [-0.2, 0) is 16.1 Å². The van der Waals surface area contributed by atoms with Crippen molar-refractivity contribution >= 4 is 5.97 Å². The van der Waals surface area contributed by atoms with Crippen LogP contribution in [0.2, 0.25) is 0 Å². The summed E-state index contributed by atoms with van der Waals surface area (Å²) in [6.07, 6.45) is 3.08. The summed E-state index contributed by atoms with van der Waals surface area (Å²) in [5.41, 5.74) is 0.897. The predicted octanol–water partition coefficient (Wildman–Crippen LogP) is 0.893. The van der Waals surface area contributed by atoms with Crippen LogP contribution in [0.1, 0.15) is 31.7 Å². The molecule has 2 N–H and O–H groups in total. The molecule has 0 spiro atoms. The van der Waals surface area contributed by atoms with Gasteiger partial charge < -0.3 is 14.7 Å². The lowest BCUT2D eigenvalue weighted by Crippen LogP contribution is -3.16. The lowest BCUT2D eigenvalue weighted by Gasteiger charge is -2.31. The van der Waals surface area contributed by atoms with Crippen LogP contribution in [0.4, 0.5) is 0 Å². The molecule has 0 aliphatic carbocycles. The van der Waals surface area contributed by atoms with E-state index in [2.05, 4.69) is 0 Å². The minimum absolute atomic E-state index is 0.0895. The van der Waals surface area contributed by atoms with Crippen molar-refractivity contribution in [2.24, 2.45) is 0 Å². The van der Waals surface area contributed by atoms with Crippen LogP contribution < -0.4 is 4.90 Å². The van der Waals surface area contributed by atoms with Gasteiger partial charge in [0.05, 0.1) is 13.2 Å². The van der Waals surface area contributed by atoms with E-state index in [4.69, 9.17) is 4.74 Å². The zero-order chi connectivity index (χ0) is 13.7. The van der Waals surface area contributed by atoms with Gasteiger partial charge in [0.15, 0.2) is 6.04 Å². The molecule has 0 bridgehead atoms. The molecule has 2 rings (SSSR count). The van der Waals surface area contributed by atoms with Crippen LogP contribution in [0.25, 0.3) is 0 Å². The molecular formula is C15H22NO3+. The lowest BCUT2D eigenvalue weighted by molar-refractivity contribution is -0.935. The molecule has 1 heterocycles. The molecular weight excluding hydrogens is 242 g/mol. The first-order chi connectivity index (χ1) is 9.22. The maximum atomic E-state index is 12.0. The highest BCUT2D eigenvalue weighted by atomic mass is 16.5. The lowest BCUT2D eigenvalue weighted by atomic mass is 10.0. The summed E-state index contributed by atoms with van der Waals surface area (Å²) in [4.78, 5) is 13.2. The number of benzene rings is 1. The van der Waals surface area contributed by atoms with E-state index in [1.807, 2.05) is 25.1 Å². The molecule has 4 nitrogen and oxygen atoms in total. The number of hydrogen-bond acceptors (Lipinski definition) is 3. The van der Waals surface area contributed by atoms with Crippen LogP contribution in [0.15, 0.2) is 24.3 Å². The second-order valence-corrected chi connectivity index (χ2v) is 5.01. The third-order valence-corrected chi connectivity index (χ3v) is 3.71. The van der Waals surface area contributed by atoms with E-state index >= 15 is 0 Å². The summed E-state index contributed by atoms with van der Waals surface area (Å²) in [7, 11) is 0. The van der Waals surface area contributed by atoms with E-state index in [9.17, 15) is 9.90 Å². The molecule has 19 heavy (non-hydrogen) atoms. The first kappa shape index (κ1) is 13.9. The largest absolute Gasteiger partial charge is 0.507 e. The molecule has 4 heteroatoms. The Labute approximate surface area is 114 Å². The molecule has 1 aromatic rings. The fourth-order valence-corrected chi connectivity index (χ4v) is 2.72. The summed E-state index contributed by atoms with van der Waals surface area (Å²) < 4.78 is 5.16. The summed E-state index contributed by atoms with van der Waals surface area (Å²) in [6.45, 7) is 3.90. The molecule has 2 atom stereocenters. The van der Waals surface area contributed by atoms with Gasteiger partial charge >= 0.3 is 5.97 Å². The first-order valence-corrected chi connectivity index (χ1v) is 7.00. The van der Waals surface area contributed by atoms with Gasteiger partial charge in [0, 0.05) is 12.0 Å². The number of ether oxygens (including phenoxy) is 1. The van der Waals surface area contributed by atoms with E-state index in [1.54, 1.807) is 6.07 Å². The zero-order valence-electron chi connectivity index (χ0n) is 11.4. The fourth-order valence-electron chi connectivity index (χ4n) is 2.72. The third kappa shape index (κ3) is 3.47. The van der Waals surface area contributed by atoms with Crippen molar-refractivity contribution in [1.82, 2.24) is 0 Å². The van der Waals surface area contributed by atoms with Gasteiger partial charge in [-0.2, -0.15) is 0 Å². The van der Waals surface area contributed by atoms with E-state index in [-0.39, 0.29) is 12.0 Å². The highest BCUT2D eigenvalue weighted by Gasteiger charge is 2.33. The number of carbonyl (C=O) groups excluding carboxylic acids is 1. The number of phenolic OH excluding ortho intramolecular Hbond substituents is 1. The van der Waals surface area contributed by atoms with Gasteiger partial charge in [-0.05, 0) is 31.9 Å². The molecule has 1 aromatic carbocycles. The van der Waals surface area contributed by atoms with Crippen molar-refractivity contribution in [3.8, 4) is 5.75 Å². The number of carbonyl (C=O) groups is 1. The number of phenols is 1. The Bertz CT molecular complexity index is 433. The molecule has 104 valence electrons. The average Bonchev–Trinajstić information content (AvgIpc) is 2.42. The summed E-state index contributed by atoms with van der Waals surface area (Å²) in [6, 6.07) is 7.25. The highest BCUT2D eigenvalue weighted by Crippen LogP contribution is 2.15. The number of hydrogen-bond donors (Lipinski definition) is 2. The Kier molecular flexibility index (Phi) is 4.80. The van der Waals surface area contributed by atoms with Gasteiger partial charge in [0.2, 0.25) is 0 Å². The van der Waals surface area contributed by atoms with Crippen molar-refractivity contribution in [2.45, 2.75) is 38.8 Å². The topological polar surface area (TPSA) is 51.0 Å². The summed E-state index contributed by atoms with van der Waals surface area (Å²) >= 11 is 0. The highest BCUT2D eigenvalue weighted by molar-refractivity contribution is 5.74. The van der Waals surface area contributed by atoms with Gasteiger partial charge in [-0.1, -0.05) is 12.1 Å². The molecule has 1 saturated heterocycles. The van der Waals surface area contributed by atoms with E-state index in [1.165, 1.54) is 4.90 Å². The van der Waals surface area contributed by atoms with E-state index < -0.39 is 0 Å². The second kappa shape index (κ2) is 6.57. The first-order valence-electron chi connectivity index (χ1n) is 7.00. The van der Waals surface area contributed by atoms with Crippen LogP contribution >= 0.6 is 0 Å². The number of quaternary nitrogens is 1. The average molecular weight is 264 g/mol. The molecule has 0 aromatic heterocycles. The minimum atomic E-state index is -0.104. The van der Waals surface area contributed by atoms with Crippen molar-refractivity contribution in [3.63, 3.8) is 0 Å². The second-order valence-electron chi connectivity index (χ2n) is 5.01. The van der Waals surface area contributed by atoms with Crippen LogP contribution in [0, 0.1) is 0 Å². The zero-order valence-corrected chi connectivity index (χ0v) is 11.4. The van der Waals surface area contributed by atoms with Gasteiger partial charge in [-0.3, -0.25) is 0 Å². The third-order valence-electron chi connectivity index (χ3n) is 3.71. The van der Waals surface area contributed by atoms with E-state index in [0.717, 1.165) is 31.4 Å². The van der Waals surface area contributed by atoms with Crippen LogP contribution in [0.5, 0.6) is 5.75 Å². The number of esters is 1. The van der Waals surface area contributed by atoms with Crippen molar-refractivity contribution in [3.05, 3.63) is 29.8 Å². The normalized spacial score (nSPS) is 23.0. The molecule has 1 fully saturated rings. The molecule has 0 radical (unpaired) electrons. The summed E-state index contributed by atoms with van der Waals surface area (Å²) in [5, 5.41) is 9.84. The summed E-state index contributed by atoms with van der Waals surface area (Å²) in [5.74, 6) is 0.204. The number of rotatable bonds is 4. The Balaban J connectivity index is 2.07. The molecule has 1 unspecified atom stereocenters. The number of para-hydroxylation sites is 1. The van der Waals surface area contributed by atoms with Gasteiger partial charge in [-0.25, -0.2) is 4.79 Å². The Morgan fingerprint density at radius 1 is 1.42 bits per heavy atom. The number of nitrogens with one attached hydrogen (secondary N) is 1. The van der Waals surface area contributed by atoms with Crippen LogP contribution in [-0.4, -0.2) is 30.3 Å². The molecule has 1 aliphatic heterocycles. The maximum absolute atomic E-state index is 12.0. The predicted molar refractivity (Wildman–Crippen MR) is 71.9 cm³/mol. The molecule has 0 amide bonds. The molecule has 1 aliphatic rings. The standard InChI is InChI=1S/C15H21NO3/c1-2-19-15(18)13-8-5-6-10-16(13)11-12-7-3-4-9-14(12)17/h3-4,7,9,13,17H,2,5-6,8,10-11H2,1H3/p+1/t13-/m1/s1. The van der Waals surface area contributed by atoms with Gasteiger partial charge in [0.25, 0.3) is 0 Å². The number of piperidine rings is 1. The van der Waals surface area contributed by atoms with Crippen LogP contribution in [0.3, 0.4) is 0 Å². The van der Waals surface area contributed by atoms with Gasteiger partial charge in [-0.15, -0.1) is 0 Å².